The number of imide groups is 1. The Hall–Kier alpha value is -3.78. The summed E-state index contributed by atoms with van der Waals surface area (Å²) in [4.78, 5) is 50.4. The molecule has 31 heavy (non-hydrogen) atoms. The Balaban J connectivity index is 1.38. The lowest BCUT2D eigenvalue weighted by Crippen LogP contribution is -2.29. The molecular formula is C23H15BrN2O5. The van der Waals surface area contributed by atoms with Gasteiger partial charge in [0, 0.05) is 10.2 Å². The number of nitrogens with one attached hydrogen (secondary N) is 1. The van der Waals surface area contributed by atoms with Crippen LogP contribution in [-0.4, -0.2) is 30.3 Å². The number of carbonyl (C=O) groups excluding carboxylic acids is 4. The van der Waals surface area contributed by atoms with E-state index in [1.807, 2.05) is 6.07 Å². The third-order valence-corrected chi connectivity index (χ3v) is 5.09. The topological polar surface area (TPSA) is 92.8 Å². The van der Waals surface area contributed by atoms with Crippen LogP contribution in [0.25, 0.3) is 0 Å². The minimum absolute atomic E-state index is 0.190. The van der Waals surface area contributed by atoms with Gasteiger partial charge in [-0.25, -0.2) is 9.69 Å². The van der Waals surface area contributed by atoms with Crippen molar-refractivity contribution < 1.29 is 23.9 Å². The molecule has 3 aromatic rings. The summed E-state index contributed by atoms with van der Waals surface area (Å²) in [6.07, 6.45) is 0. The van der Waals surface area contributed by atoms with Crippen molar-refractivity contribution in [2.24, 2.45) is 0 Å². The highest BCUT2D eigenvalue weighted by molar-refractivity contribution is 9.10. The molecule has 7 nitrogen and oxygen atoms in total. The van der Waals surface area contributed by atoms with Crippen molar-refractivity contribution in [3.05, 3.63) is 94.0 Å². The van der Waals surface area contributed by atoms with Gasteiger partial charge in [0.1, 0.15) is 0 Å². The van der Waals surface area contributed by atoms with Gasteiger partial charge in [-0.05, 0) is 54.6 Å². The predicted octanol–water partition coefficient (Wildman–Crippen LogP) is 4.05. The number of anilines is 2. The minimum atomic E-state index is -0.696. The molecular weight excluding hydrogens is 464 g/mol. The maximum Gasteiger partial charge on any atom is 0.338 e. The van der Waals surface area contributed by atoms with E-state index >= 15 is 0 Å². The Morgan fingerprint density at radius 3 is 2.13 bits per heavy atom. The summed E-state index contributed by atoms with van der Waals surface area (Å²) in [6, 6.07) is 19.4. The molecule has 0 spiro atoms. The van der Waals surface area contributed by atoms with Gasteiger partial charge in [0.15, 0.2) is 6.61 Å². The monoisotopic (exact) mass is 478 g/mol. The van der Waals surface area contributed by atoms with Crippen LogP contribution in [0.1, 0.15) is 31.1 Å². The van der Waals surface area contributed by atoms with Gasteiger partial charge < -0.3 is 10.1 Å². The normalized spacial score (nSPS) is 12.5. The van der Waals surface area contributed by atoms with Crippen LogP contribution in [0.2, 0.25) is 0 Å². The number of hydrogen-bond acceptors (Lipinski definition) is 5. The molecule has 3 amide bonds. The van der Waals surface area contributed by atoms with Gasteiger partial charge in [-0.1, -0.05) is 34.1 Å². The average Bonchev–Trinajstić information content (AvgIpc) is 3.02. The predicted molar refractivity (Wildman–Crippen MR) is 117 cm³/mol. The lowest BCUT2D eigenvalue weighted by atomic mass is 10.1. The summed E-state index contributed by atoms with van der Waals surface area (Å²) >= 11 is 3.31. The molecule has 0 fully saturated rings. The van der Waals surface area contributed by atoms with E-state index in [9.17, 15) is 19.2 Å². The number of halogens is 1. The second-order valence-corrected chi connectivity index (χ2v) is 7.59. The fraction of sp³-hybridized carbons (Fsp3) is 0.0435. The zero-order chi connectivity index (χ0) is 22.0. The first kappa shape index (κ1) is 20.5. The maximum absolute atomic E-state index is 12.5. The lowest BCUT2D eigenvalue weighted by molar-refractivity contribution is -0.119. The Kier molecular flexibility index (Phi) is 5.64. The molecule has 0 unspecified atom stereocenters. The van der Waals surface area contributed by atoms with Crippen molar-refractivity contribution in [2.45, 2.75) is 0 Å². The quantitative estimate of drug-likeness (QED) is 0.441. The number of fused-ring (bicyclic) bond motifs is 1. The number of nitrogens with zero attached hydrogens (tertiary/aromatic N) is 1. The van der Waals surface area contributed by atoms with Crippen LogP contribution in [0.3, 0.4) is 0 Å². The molecule has 0 saturated carbocycles. The Labute approximate surface area is 185 Å². The molecule has 0 bridgehead atoms. The molecule has 1 heterocycles. The van der Waals surface area contributed by atoms with Gasteiger partial charge in [-0.2, -0.15) is 0 Å². The number of hydrogen-bond donors (Lipinski definition) is 1. The summed E-state index contributed by atoms with van der Waals surface area (Å²) in [6.45, 7) is -0.453. The van der Waals surface area contributed by atoms with Crippen LogP contribution in [0, 0.1) is 0 Å². The van der Waals surface area contributed by atoms with Gasteiger partial charge in [-0.3, -0.25) is 14.4 Å². The molecule has 154 valence electrons. The summed E-state index contributed by atoms with van der Waals surface area (Å²) in [5.41, 5.74) is 1.78. The zero-order valence-corrected chi connectivity index (χ0v) is 17.6. The second-order valence-electron chi connectivity index (χ2n) is 6.67. The lowest BCUT2D eigenvalue weighted by Gasteiger charge is -2.14. The average molecular weight is 479 g/mol. The van der Waals surface area contributed by atoms with Crippen LogP contribution in [0.5, 0.6) is 0 Å². The van der Waals surface area contributed by atoms with Gasteiger partial charge >= 0.3 is 5.97 Å². The van der Waals surface area contributed by atoms with E-state index < -0.39 is 30.3 Å². The van der Waals surface area contributed by atoms with Crippen molar-refractivity contribution in [3.8, 4) is 0 Å². The van der Waals surface area contributed by atoms with Crippen molar-refractivity contribution >= 4 is 51.0 Å². The first-order chi connectivity index (χ1) is 14.9. The van der Waals surface area contributed by atoms with E-state index in [2.05, 4.69) is 21.2 Å². The van der Waals surface area contributed by atoms with Gasteiger partial charge in [0.25, 0.3) is 17.7 Å². The first-order valence-electron chi connectivity index (χ1n) is 9.24. The highest BCUT2D eigenvalue weighted by Gasteiger charge is 2.36. The number of rotatable bonds is 5. The van der Waals surface area contributed by atoms with E-state index in [1.165, 1.54) is 24.3 Å². The molecule has 4 rings (SSSR count). The molecule has 3 aromatic carbocycles. The van der Waals surface area contributed by atoms with Crippen molar-refractivity contribution in [3.63, 3.8) is 0 Å². The Morgan fingerprint density at radius 1 is 0.871 bits per heavy atom. The third-order valence-electron chi connectivity index (χ3n) is 4.60. The molecule has 0 radical (unpaired) electrons. The fourth-order valence-electron chi connectivity index (χ4n) is 3.15. The second kappa shape index (κ2) is 8.53. The molecule has 0 aliphatic carbocycles. The van der Waals surface area contributed by atoms with Gasteiger partial charge in [0.05, 0.1) is 22.4 Å². The largest absolute Gasteiger partial charge is 0.452 e. The standard InChI is InChI=1S/C23H15BrN2O5/c24-15-4-3-5-16(12-15)25-20(27)13-31-23(30)14-8-10-17(11-9-14)26-21(28)18-6-1-2-7-19(18)22(26)29/h1-12H,13H2,(H,25,27). The number of benzene rings is 3. The summed E-state index contributed by atoms with van der Waals surface area (Å²) in [5, 5.41) is 2.63. The van der Waals surface area contributed by atoms with E-state index in [-0.39, 0.29) is 5.56 Å². The molecule has 0 aromatic heterocycles. The van der Waals surface area contributed by atoms with Gasteiger partial charge in [-0.15, -0.1) is 0 Å². The van der Waals surface area contributed by atoms with Crippen LogP contribution in [0.15, 0.2) is 77.3 Å². The summed E-state index contributed by atoms with van der Waals surface area (Å²) in [5.74, 6) is -2.01. The summed E-state index contributed by atoms with van der Waals surface area (Å²) < 4.78 is 5.85. The van der Waals surface area contributed by atoms with Crippen LogP contribution in [-0.2, 0) is 9.53 Å². The number of amides is 3. The van der Waals surface area contributed by atoms with Crippen molar-refractivity contribution in [2.75, 3.05) is 16.8 Å². The zero-order valence-electron chi connectivity index (χ0n) is 16.0. The Bertz CT molecular complexity index is 1170. The first-order valence-corrected chi connectivity index (χ1v) is 10.0. The number of ether oxygens (including phenoxy) is 1. The maximum atomic E-state index is 12.5. The molecule has 1 N–H and O–H groups in total. The molecule has 0 atom stereocenters. The third kappa shape index (κ3) is 4.24. The number of esters is 1. The highest BCUT2D eigenvalue weighted by atomic mass is 79.9. The van der Waals surface area contributed by atoms with Gasteiger partial charge in [0.2, 0.25) is 0 Å². The molecule has 1 aliphatic heterocycles. The van der Waals surface area contributed by atoms with E-state index in [0.29, 0.717) is 22.5 Å². The van der Waals surface area contributed by atoms with E-state index in [0.717, 1.165) is 9.37 Å². The van der Waals surface area contributed by atoms with Crippen LogP contribution < -0.4 is 10.2 Å². The summed E-state index contributed by atoms with van der Waals surface area (Å²) in [7, 11) is 0. The molecule has 8 heteroatoms. The van der Waals surface area contributed by atoms with Crippen LogP contribution >= 0.6 is 15.9 Å². The van der Waals surface area contributed by atoms with E-state index in [1.54, 1.807) is 42.5 Å². The minimum Gasteiger partial charge on any atom is -0.452 e. The number of carbonyl (C=O) groups is 4. The van der Waals surface area contributed by atoms with E-state index in [4.69, 9.17) is 4.74 Å². The van der Waals surface area contributed by atoms with Crippen molar-refractivity contribution in [1.29, 1.82) is 0 Å². The smallest absolute Gasteiger partial charge is 0.338 e. The SMILES string of the molecule is O=C(COC(=O)c1ccc(N2C(=O)c3ccccc3C2=O)cc1)Nc1cccc(Br)c1. The molecule has 0 saturated heterocycles. The molecule has 1 aliphatic rings. The fourth-order valence-corrected chi connectivity index (χ4v) is 3.55. The van der Waals surface area contributed by atoms with Crippen molar-refractivity contribution in [1.82, 2.24) is 0 Å². The van der Waals surface area contributed by atoms with Crippen LogP contribution in [0.4, 0.5) is 11.4 Å². The Morgan fingerprint density at radius 2 is 1.52 bits per heavy atom. The highest BCUT2D eigenvalue weighted by Crippen LogP contribution is 2.28.